The van der Waals surface area contributed by atoms with Crippen molar-refractivity contribution in [3.05, 3.63) is 63.2 Å². The lowest BCUT2D eigenvalue weighted by atomic mass is 10.0. The highest BCUT2D eigenvalue weighted by Gasteiger charge is 2.18. The second-order valence-corrected chi connectivity index (χ2v) is 5.30. The Hall–Kier alpha value is -2.31. The van der Waals surface area contributed by atoms with Gasteiger partial charge in [-0.05, 0) is 30.7 Å². The lowest BCUT2D eigenvalue weighted by Gasteiger charge is -2.22. The van der Waals surface area contributed by atoms with E-state index in [9.17, 15) is 20.3 Å². The van der Waals surface area contributed by atoms with E-state index in [2.05, 4.69) is 5.32 Å². The number of phenolic OH excluding ortho intramolecular Hbond substituents is 1. The first-order chi connectivity index (χ1) is 10.4. The lowest BCUT2D eigenvalue weighted by molar-refractivity contribution is -0.384. The van der Waals surface area contributed by atoms with Crippen molar-refractivity contribution in [2.45, 2.75) is 19.1 Å². The summed E-state index contributed by atoms with van der Waals surface area (Å²) in [6.45, 7) is 1.76. The van der Waals surface area contributed by atoms with Crippen LogP contribution in [0.3, 0.4) is 0 Å². The standard InChI is InChI=1S/C15H15ClN2O4/c1-9(15(20)10-2-5-12(19)6-3-10)17-14-7-4-11(18(21)22)8-13(14)16/h2-9,15,17,19-20H,1H3/t9-,15+/m0/s1. The van der Waals surface area contributed by atoms with Crippen LogP contribution < -0.4 is 5.32 Å². The predicted molar refractivity (Wildman–Crippen MR) is 84.3 cm³/mol. The summed E-state index contributed by atoms with van der Waals surface area (Å²) in [7, 11) is 0. The van der Waals surface area contributed by atoms with Crippen molar-refractivity contribution >= 4 is 23.0 Å². The Labute approximate surface area is 132 Å². The van der Waals surface area contributed by atoms with Gasteiger partial charge >= 0.3 is 0 Å². The molecule has 0 aromatic heterocycles. The van der Waals surface area contributed by atoms with Crippen molar-refractivity contribution in [1.82, 2.24) is 0 Å². The third-order valence-corrected chi connectivity index (χ3v) is 3.57. The Kier molecular flexibility index (Phi) is 4.85. The van der Waals surface area contributed by atoms with Gasteiger partial charge in [-0.2, -0.15) is 0 Å². The minimum atomic E-state index is -0.827. The van der Waals surface area contributed by atoms with Crippen molar-refractivity contribution in [3.8, 4) is 5.75 Å². The van der Waals surface area contributed by atoms with E-state index in [0.29, 0.717) is 11.3 Å². The highest BCUT2D eigenvalue weighted by molar-refractivity contribution is 6.33. The number of nitrogens with zero attached hydrogens (tertiary/aromatic N) is 1. The highest BCUT2D eigenvalue weighted by atomic mass is 35.5. The minimum absolute atomic E-state index is 0.0951. The number of nitro benzene ring substituents is 1. The number of anilines is 1. The smallest absolute Gasteiger partial charge is 0.271 e. The van der Waals surface area contributed by atoms with Gasteiger partial charge in [0.15, 0.2) is 0 Å². The van der Waals surface area contributed by atoms with Gasteiger partial charge in [0.1, 0.15) is 5.75 Å². The second-order valence-electron chi connectivity index (χ2n) is 4.89. The summed E-state index contributed by atoms with van der Waals surface area (Å²) < 4.78 is 0. The van der Waals surface area contributed by atoms with Crippen LogP contribution in [0.15, 0.2) is 42.5 Å². The Morgan fingerprint density at radius 1 is 1.23 bits per heavy atom. The molecule has 0 aliphatic heterocycles. The second kappa shape index (κ2) is 6.64. The van der Waals surface area contributed by atoms with Gasteiger partial charge in [-0.1, -0.05) is 23.7 Å². The summed E-state index contributed by atoms with van der Waals surface area (Å²) in [5.41, 5.74) is 1.04. The number of nitro groups is 1. The van der Waals surface area contributed by atoms with E-state index in [4.69, 9.17) is 11.6 Å². The van der Waals surface area contributed by atoms with Crippen molar-refractivity contribution in [3.63, 3.8) is 0 Å². The average Bonchev–Trinajstić information content (AvgIpc) is 2.49. The largest absolute Gasteiger partial charge is 0.508 e. The normalized spacial score (nSPS) is 13.4. The van der Waals surface area contributed by atoms with E-state index in [1.165, 1.54) is 30.3 Å². The number of aliphatic hydroxyl groups excluding tert-OH is 1. The molecule has 116 valence electrons. The quantitative estimate of drug-likeness (QED) is 0.578. The summed E-state index contributed by atoms with van der Waals surface area (Å²) in [6, 6.07) is 9.93. The molecule has 0 fully saturated rings. The number of aromatic hydroxyl groups is 1. The average molecular weight is 323 g/mol. The number of benzene rings is 2. The Bertz CT molecular complexity index is 676. The third-order valence-electron chi connectivity index (χ3n) is 3.25. The fraction of sp³-hybridized carbons (Fsp3) is 0.200. The van der Waals surface area contributed by atoms with Crippen LogP contribution in [-0.2, 0) is 0 Å². The van der Waals surface area contributed by atoms with E-state index >= 15 is 0 Å². The molecule has 0 heterocycles. The van der Waals surface area contributed by atoms with Gasteiger partial charge in [0.05, 0.1) is 27.8 Å². The molecule has 0 unspecified atom stereocenters. The molecular weight excluding hydrogens is 308 g/mol. The number of hydrogen-bond acceptors (Lipinski definition) is 5. The molecule has 0 saturated heterocycles. The summed E-state index contributed by atoms with van der Waals surface area (Å²) in [5, 5.41) is 33.4. The first-order valence-electron chi connectivity index (χ1n) is 6.56. The molecule has 0 bridgehead atoms. The van der Waals surface area contributed by atoms with E-state index < -0.39 is 11.0 Å². The van der Waals surface area contributed by atoms with Crippen LogP contribution in [0.1, 0.15) is 18.6 Å². The minimum Gasteiger partial charge on any atom is -0.508 e. The maximum Gasteiger partial charge on any atom is 0.271 e. The summed E-state index contributed by atoms with van der Waals surface area (Å²) >= 11 is 6.01. The number of halogens is 1. The van der Waals surface area contributed by atoms with Gasteiger partial charge < -0.3 is 15.5 Å². The van der Waals surface area contributed by atoms with E-state index in [-0.39, 0.29) is 22.5 Å². The monoisotopic (exact) mass is 322 g/mol. The van der Waals surface area contributed by atoms with Gasteiger partial charge in [0.2, 0.25) is 0 Å². The highest BCUT2D eigenvalue weighted by Crippen LogP contribution is 2.29. The maximum absolute atomic E-state index is 10.7. The molecule has 2 rings (SSSR count). The molecule has 3 N–H and O–H groups in total. The first-order valence-corrected chi connectivity index (χ1v) is 6.93. The molecule has 0 spiro atoms. The van der Waals surface area contributed by atoms with E-state index in [1.54, 1.807) is 19.1 Å². The lowest BCUT2D eigenvalue weighted by Crippen LogP contribution is -2.24. The fourth-order valence-corrected chi connectivity index (χ4v) is 2.25. The van der Waals surface area contributed by atoms with Crippen LogP contribution in [0.4, 0.5) is 11.4 Å². The van der Waals surface area contributed by atoms with Crippen LogP contribution in [-0.4, -0.2) is 21.2 Å². The topological polar surface area (TPSA) is 95.6 Å². The molecule has 2 atom stereocenters. The van der Waals surface area contributed by atoms with Crippen molar-refractivity contribution < 1.29 is 15.1 Å². The molecule has 0 aliphatic carbocycles. The Balaban J connectivity index is 2.12. The summed E-state index contributed by atoms with van der Waals surface area (Å²) in [6.07, 6.45) is -0.827. The summed E-state index contributed by atoms with van der Waals surface area (Å²) in [4.78, 5) is 10.2. The number of nitrogens with one attached hydrogen (secondary N) is 1. The van der Waals surface area contributed by atoms with Gasteiger partial charge in [0, 0.05) is 12.1 Å². The molecule has 0 amide bonds. The van der Waals surface area contributed by atoms with Crippen LogP contribution in [0.2, 0.25) is 5.02 Å². The third kappa shape index (κ3) is 3.66. The molecular formula is C15H15ClN2O4. The molecule has 0 saturated carbocycles. The van der Waals surface area contributed by atoms with Crippen LogP contribution >= 0.6 is 11.6 Å². The van der Waals surface area contributed by atoms with E-state index in [1.807, 2.05) is 0 Å². The number of non-ortho nitro benzene ring substituents is 1. The SMILES string of the molecule is C[C@H](Nc1ccc([N+](=O)[O-])cc1Cl)[C@@H](O)c1ccc(O)cc1. The van der Waals surface area contributed by atoms with Crippen LogP contribution in [0.25, 0.3) is 0 Å². The Morgan fingerprint density at radius 2 is 1.86 bits per heavy atom. The Morgan fingerprint density at radius 3 is 2.41 bits per heavy atom. The molecule has 2 aromatic carbocycles. The van der Waals surface area contributed by atoms with Crippen molar-refractivity contribution in [2.24, 2.45) is 0 Å². The summed E-state index contributed by atoms with van der Waals surface area (Å²) in [5.74, 6) is 0.120. The van der Waals surface area contributed by atoms with Crippen LogP contribution in [0, 0.1) is 10.1 Å². The number of aliphatic hydroxyl groups is 1. The fourth-order valence-electron chi connectivity index (χ4n) is 2.02. The number of hydrogen-bond donors (Lipinski definition) is 3. The van der Waals surface area contributed by atoms with Gasteiger partial charge in [-0.25, -0.2) is 0 Å². The molecule has 6 nitrogen and oxygen atoms in total. The van der Waals surface area contributed by atoms with E-state index in [0.717, 1.165) is 0 Å². The van der Waals surface area contributed by atoms with Gasteiger partial charge in [0.25, 0.3) is 5.69 Å². The van der Waals surface area contributed by atoms with Gasteiger partial charge in [-0.3, -0.25) is 10.1 Å². The van der Waals surface area contributed by atoms with Crippen molar-refractivity contribution in [2.75, 3.05) is 5.32 Å². The van der Waals surface area contributed by atoms with Gasteiger partial charge in [-0.15, -0.1) is 0 Å². The molecule has 0 aliphatic rings. The van der Waals surface area contributed by atoms with Crippen LogP contribution in [0.5, 0.6) is 5.75 Å². The zero-order chi connectivity index (χ0) is 16.3. The van der Waals surface area contributed by atoms with Crippen molar-refractivity contribution in [1.29, 1.82) is 0 Å². The first kappa shape index (κ1) is 16.1. The number of rotatable bonds is 5. The zero-order valence-corrected chi connectivity index (χ0v) is 12.5. The molecule has 0 radical (unpaired) electrons. The molecule has 7 heteroatoms. The maximum atomic E-state index is 10.7. The molecule has 2 aromatic rings. The molecule has 22 heavy (non-hydrogen) atoms. The zero-order valence-electron chi connectivity index (χ0n) is 11.7. The predicted octanol–water partition coefficient (Wildman–Crippen LogP) is 3.49. The number of phenols is 1.